The summed E-state index contributed by atoms with van der Waals surface area (Å²) in [5.41, 5.74) is -0.406. The average molecular weight is 279 g/mol. The predicted molar refractivity (Wildman–Crippen MR) is 78.2 cm³/mol. The maximum atomic E-state index is 10.1. The minimum absolute atomic E-state index is 0.406. The van der Waals surface area contributed by atoms with Gasteiger partial charge in [-0.05, 0) is 37.5 Å². The topological polar surface area (TPSA) is 49.7 Å². The molecule has 0 spiro atoms. The Morgan fingerprint density at radius 3 is 1.82 bits per heavy atom. The van der Waals surface area contributed by atoms with Gasteiger partial charge in [-0.3, -0.25) is 0 Å². The Morgan fingerprint density at radius 1 is 1.06 bits per heavy atom. The van der Waals surface area contributed by atoms with Crippen molar-refractivity contribution in [3.05, 3.63) is 0 Å². The maximum Gasteiger partial charge on any atom is 0.191 e. The Kier molecular flexibility index (Phi) is 8.58. The molecule has 17 heavy (non-hydrogen) atoms. The van der Waals surface area contributed by atoms with Crippen LogP contribution in [-0.4, -0.2) is 39.4 Å². The zero-order chi connectivity index (χ0) is 13.5. The van der Waals surface area contributed by atoms with Crippen molar-refractivity contribution < 1.29 is 14.3 Å². The van der Waals surface area contributed by atoms with E-state index in [4.69, 9.17) is 4.12 Å². The fraction of sp³-hybridized carbons (Fsp3) is 1.00. The van der Waals surface area contributed by atoms with E-state index >= 15 is 0 Å². The molecule has 2 N–H and O–H groups in total. The van der Waals surface area contributed by atoms with Crippen LogP contribution in [0.15, 0.2) is 0 Å². The summed E-state index contributed by atoms with van der Waals surface area (Å²) < 4.78 is 6.41. The highest BCUT2D eigenvalue weighted by Gasteiger charge is 2.34. The lowest BCUT2D eigenvalue weighted by molar-refractivity contribution is 0.122. The molecule has 0 aliphatic carbocycles. The summed E-state index contributed by atoms with van der Waals surface area (Å²) in [5.74, 6) is 0. The first kappa shape index (κ1) is 17.3. The van der Waals surface area contributed by atoms with Gasteiger partial charge in [0.25, 0.3) is 0 Å². The van der Waals surface area contributed by atoms with Crippen LogP contribution in [0, 0.1) is 0 Å². The summed E-state index contributed by atoms with van der Waals surface area (Å²) in [4.78, 5) is 0. The minimum atomic E-state index is -1.60. The predicted octanol–water partition coefficient (Wildman–Crippen LogP) is 2.42. The largest absolute Gasteiger partial charge is 0.456 e. The summed E-state index contributed by atoms with van der Waals surface area (Å²) in [6, 6.07) is 4.34. The SMILES string of the molecule is CC[SiH](O[Si](CC)(CC)CC)C(O)CC(C)O. The molecule has 0 aromatic heterocycles. The summed E-state index contributed by atoms with van der Waals surface area (Å²) in [6.07, 6.45) is 0.0305. The van der Waals surface area contributed by atoms with Crippen LogP contribution in [0.3, 0.4) is 0 Å². The molecule has 3 nitrogen and oxygen atoms in total. The molecular formula is C12H30O3Si2. The number of rotatable bonds is 9. The van der Waals surface area contributed by atoms with Crippen LogP contribution in [0.2, 0.25) is 24.2 Å². The Hall–Kier alpha value is 0.314. The number of hydrogen-bond acceptors (Lipinski definition) is 3. The van der Waals surface area contributed by atoms with Crippen molar-refractivity contribution in [1.29, 1.82) is 0 Å². The molecule has 0 saturated carbocycles. The van der Waals surface area contributed by atoms with Crippen molar-refractivity contribution in [1.82, 2.24) is 0 Å². The zero-order valence-corrected chi connectivity index (χ0v) is 14.2. The van der Waals surface area contributed by atoms with Gasteiger partial charge in [-0.15, -0.1) is 0 Å². The molecule has 3 atom stereocenters. The van der Waals surface area contributed by atoms with Crippen LogP contribution in [0.25, 0.3) is 0 Å². The third-order valence-electron chi connectivity index (χ3n) is 3.75. The van der Waals surface area contributed by atoms with E-state index in [1.807, 2.05) is 0 Å². The summed E-state index contributed by atoms with van der Waals surface area (Å²) in [6.45, 7) is 10.5. The summed E-state index contributed by atoms with van der Waals surface area (Å²) in [7, 11) is -3.18. The van der Waals surface area contributed by atoms with E-state index < -0.39 is 29.2 Å². The number of hydrogen-bond donors (Lipinski definition) is 2. The van der Waals surface area contributed by atoms with Crippen molar-refractivity contribution in [3.63, 3.8) is 0 Å². The van der Waals surface area contributed by atoms with E-state index in [1.54, 1.807) is 6.92 Å². The molecular weight excluding hydrogens is 248 g/mol. The van der Waals surface area contributed by atoms with Gasteiger partial charge >= 0.3 is 0 Å². The second-order valence-corrected chi connectivity index (χ2v) is 13.1. The quantitative estimate of drug-likeness (QED) is 0.637. The molecule has 0 aliphatic heterocycles. The van der Waals surface area contributed by atoms with Gasteiger partial charge in [0.05, 0.1) is 11.8 Å². The van der Waals surface area contributed by atoms with Gasteiger partial charge in [0.15, 0.2) is 17.4 Å². The monoisotopic (exact) mass is 278 g/mol. The lowest BCUT2D eigenvalue weighted by Gasteiger charge is -2.35. The Labute approximate surface area is 109 Å². The summed E-state index contributed by atoms with van der Waals surface area (Å²) in [5, 5.41) is 19.5. The minimum Gasteiger partial charge on any atom is -0.456 e. The van der Waals surface area contributed by atoms with Gasteiger partial charge in [-0.25, -0.2) is 0 Å². The molecule has 0 bridgehead atoms. The molecule has 5 heteroatoms. The summed E-state index contributed by atoms with van der Waals surface area (Å²) >= 11 is 0. The first-order valence-electron chi connectivity index (χ1n) is 6.98. The van der Waals surface area contributed by atoms with Crippen molar-refractivity contribution >= 4 is 17.4 Å². The van der Waals surface area contributed by atoms with Gasteiger partial charge in [0, 0.05) is 0 Å². The molecule has 0 rings (SSSR count). The number of aliphatic hydroxyl groups excluding tert-OH is 2. The van der Waals surface area contributed by atoms with Crippen LogP contribution in [-0.2, 0) is 4.12 Å². The van der Waals surface area contributed by atoms with E-state index in [0.29, 0.717) is 6.42 Å². The Bertz CT molecular complexity index is 188. The van der Waals surface area contributed by atoms with Gasteiger partial charge in [0.1, 0.15) is 0 Å². The van der Waals surface area contributed by atoms with Gasteiger partial charge < -0.3 is 14.3 Å². The Balaban J connectivity index is 4.55. The molecule has 104 valence electrons. The van der Waals surface area contributed by atoms with Crippen molar-refractivity contribution in [2.75, 3.05) is 0 Å². The van der Waals surface area contributed by atoms with Gasteiger partial charge in [-0.1, -0.05) is 27.7 Å². The lowest BCUT2D eigenvalue weighted by Crippen LogP contribution is -2.47. The van der Waals surface area contributed by atoms with Gasteiger partial charge in [-0.2, -0.15) is 0 Å². The maximum absolute atomic E-state index is 10.1. The molecule has 0 saturated heterocycles. The van der Waals surface area contributed by atoms with Crippen LogP contribution in [0.5, 0.6) is 0 Å². The molecule has 0 radical (unpaired) electrons. The third-order valence-corrected chi connectivity index (χ3v) is 12.8. The van der Waals surface area contributed by atoms with Crippen molar-refractivity contribution in [2.24, 2.45) is 0 Å². The molecule has 0 amide bonds. The highest BCUT2D eigenvalue weighted by molar-refractivity contribution is 6.80. The van der Waals surface area contributed by atoms with Crippen LogP contribution >= 0.6 is 0 Å². The van der Waals surface area contributed by atoms with Gasteiger partial charge in [0.2, 0.25) is 0 Å². The molecule has 0 aromatic carbocycles. The smallest absolute Gasteiger partial charge is 0.191 e. The third kappa shape index (κ3) is 5.65. The first-order valence-corrected chi connectivity index (χ1v) is 11.5. The highest BCUT2D eigenvalue weighted by atomic mass is 28.4. The second kappa shape index (κ2) is 8.42. The Morgan fingerprint density at radius 2 is 1.53 bits per heavy atom. The molecule has 0 fully saturated rings. The first-order chi connectivity index (χ1) is 7.94. The fourth-order valence-corrected chi connectivity index (χ4v) is 10.9. The van der Waals surface area contributed by atoms with Crippen LogP contribution < -0.4 is 0 Å². The fourth-order valence-electron chi connectivity index (χ4n) is 2.26. The molecule has 0 heterocycles. The molecule has 3 unspecified atom stereocenters. The normalized spacial score (nSPS) is 17.8. The van der Waals surface area contributed by atoms with E-state index in [-0.39, 0.29) is 0 Å². The van der Waals surface area contributed by atoms with Crippen molar-refractivity contribution in [2.45, 2.75) is 77.0 Å². The van der Waals surface area contributed by atoms with E-state index in [0.717, 1.165) is 24.2 Å². The number of aliphatic hydroxyl groups is 2. The second-order valence-electron chi connectivity index (χ2n) is 4.96. The highest BCUT2D eigenvalue weighted by Crippen LogP contribution is 2.24. The molecule has 0 aliphatic rings. The van der Waals surface area contributed by atoms with E-state index in [1.165, 1.54) is 0 Å². The average Bonchev–Trinajstić information content (AvgIpc) is 2.31. The van der Waals surface area contributed by atoms with E-state index in [9.17, 15) is 10.2 Å². The molecule has 0 aromatic rings. The van der Waals surface area contributed by atoms with Crippen LogP contribution in [0.4, 0.5) is 0 Å². The van der Waals surface area contributed by atoms with Crippen molar-refractivity contribution in [3.8, 4) is 0 Å². The van der Waals surface area contributed by atoms with E-state index in [2.05, 4.69) is 27.7 Å². The lowest BCUT2D eigenvalue weighted by atomic mass is 10.3. The van der Waals surface area contributed by atoms with Crippen LogP contribution in [0.1, 0.15) is 41.0 Å². The standard InChI is InChI=1S/C12H30O3Si2/c1-6-16(12(14)10-11(5)13)15-17(7-2,8-3)9-4/h11-14,16H,6-10H2,1-5H3. The zero-order valence-electron chi connectivity index (χ0n) is 12.1.